The van der Waals surface area contributed by atoms with Crippen molar-refractivity contribution < 1.29 is 4.74 Å². The second-order valence-corrected chi connectivity index (χ2v) is 2.41. The van der Waals surface area contributed by atoms with Crippen LogP contribution in [0.25, 0.3) is 0 Å². The van der Waals surface area contributed by atoms with Crippen LogP contribution in [0.2, 0.25) is 0 Å². The monoisotopic (exact) mass is 166 g/mol. The summed E-state index contributed by atoms with van der Waals surface area (Å²) >= 11 is 0. The van der Waals surface area contributed by atoms with Crippen LogP contribution in [0.3, 0.4) is 0 Å². The Labute approximate surface area is 72.5 Å². The Bertz CT molecular complexity index is 238. The van der Waals surface area contributed by atoms with Gasteiger partial charge < -0.3 is 15.8 Å². The molecule has 0 spiro atoms. The van der Waals surface area contributed by atoms with Crippen molar-refractivity contribution in [2.24, 2.45) is 5.73 Å². The summed E-state index contributed by atoms with van der Waals surface area (Å²) in [6.45, 7) is 1.11. The van der Waals surface area contributed by atoms with Gasteiger partial charge in [0.15, 0.2) is 0 Å². The lowest BCUT2D eigenvalue weighted by Crippen LogP contribution is -2.10. The quantitative estimate of drug-likeness (QED) is 0.703. The van der Waals surface area contributed by atoms with Gasteiger partial charge in [0, 0.05) is 25.3 Å². The summed E-state index contributed by atoms with van der Waals surface area (Å²) in [6, 6.07) is 7.78. The van der Waals surface area contributed by atoms with Crippen molar-refractivity contribution in [1.29, 1.82) is 0 Å². The van der Waals surface area contributed by atoms with Crippen molar-refractivity contribution in [3.8, 4) is 5.75 Å². The fourth-order valence-electron chi connectivity index (χ4n) is 0.918. The summed E-state index contributed by atoms with van der Waals surface area (Å²) in [7, 11) is 1.88. The molecule has 0 amide bonds. The predicted molar refractivity (Wildman–Crippen MR) is 50.5 cm³/mol. The summed E-state index contributed by atoms with van der Waals surface area (Å²) in [4.78, 5) is 0. The zero-order valence-electron chi connectivity index (χ0n) is 7.21. The number of ether oxygens (including phenoxy) is 1. The molecular weight excluding hydrogens is 152 g/mol. The molecule has 1 rings (SSSR count). The third-order valence-corrected chi connectivity index (χ3v) is 1.51. The summed E-state index contributed by atoms with van der Waals surface area (Å²) in [5, 5.41) is 3.03. The highest BCUT2D eigenvalue weighted by molar-refractivity contribution is 5.47. The van der Waals surface area contributed by atoms with E-state index in [1.807, 2.05) is 31.3 Å². The summed E-state index contributed by atoms with van der Waals surface area (Å²) in [5.74, 6) is 0.854. The van der Waals surface area contributed by atoms with E-state index in [1.54, 1.807) is 0 Å². The van der Waals surface area contributed by atoms with E-state index in [9.17, 15) is 0 Å². The van der Waals surface area contributed by atoms with Gasteiger partial charge in [-0.05, 0) is 12.1 Å². The Morgan fingerprint density at radius 3 is 3.00 bits per heavy atom. The highest BCUT2D eigenvalue weighted by atomic mass is 16.5. The molecule has 0 aliphatic rings. The predicted octanol–water partition coefficient (Wildman–Crippen LogP) is 1.07. The van der Waals surface area contributed by atoms with Crippen LogP contribution in [0.1, 0.15) is 0 Å². The molecule has 66 valence electrons. The normalized spacial score (nSPS) is 9.50. The number of anilines is 1. The average molecular weight is 166 g/mol. The van der Waals surface area contributed by atoms with Gasteiger partial charge in [-0.25, -0.2) is 0 Å². The first kappa shape index (κ1) is 8.87. The summed E-state index contributed by atoms with van der Waals surface area (Å²) < 4.78 is 5.33. The highest BCUT2D eigenvalue weighted by Gasteiger charge is 1.93. The molecule has 0 unspecified atom stereocenters. The molecule has 0 aliphatic heterocycles. The van der Waals surface area contributed by atoms with Crippen LogP contribution in [0.5, 0.6) is 5.75 Å². The van der Waals surface area contributed by atoms with Crippen LogP contribution in [0.4, 0.5) is 5.69 Å². The van der Waals surface area contributed by atoms with Gasteiger partial charge in [0.1, 0.15) is 12.4 Å². The topological polar surface area (TPSA) is 47.3 Å². The fourth-order valence-corrected chi connectivity index (χ4v) is 0.918. The van der Waals surface area contributed by atoms with Crippen molar-refractivity contribution in [2.75, 3.05) is 25.5 Å². The Balaban J connectivity index is 2.60. The first-order valence-corrected chi connectivity index (χ1v) is 3.97. The first-order chi connectivity index (χ1) is 5.86. The molecule has 0 atom stereocenters. The van der Waals surface area contributed by atoms with E-state index in [0.29, 0.717) is 13.2 Å². The van der Waals surface area contributed by atoms with Crippen LogP contribution in [0, 0.1) is 0 Å². The van der Waals surface area contributed by atoms with Crippen molar-refractivity contribution in [1.82, 2.24) is 0 Å². The molecule has 0 saturated carbocycles. The largest absolute Gasteiger partial charge is 0.492 e. The molecule has 3 nitrogen and oxygen atoms in total. The number of nitrogens with one attached hydrogen (secondary N) is 1. The maximum absolute atomic E-state index is 5.33. The molecule has 3 heteroatoms. The van der Waals surface area contributed by atoms with Gasteiger partial charge in [0.25, 0.3) is 0 Å². The van der Waals surface area contributed by atoms with E-state index < -0.39 is 0 Å². The van der Waals surface area contributed by atoms with Crippen molar-refractivity contribution in [3.05, 3.63) is 24.3 Å². The molecular formula is C9H14N2O. The number of hydrogen-bond acceptors (Lipinski definition) is 3. The van der Waals surface area contributed by atoms with Gasteiger partial charge in [-0.2, -0.15) is 0 Å². The van der Waals surface area contributed by atoms with E-state index in [4.69, 9.17) is 10.5 Å². The minimum Gasteiger partial charge on any atom is -0.492 e. The van der Waals surface area contributed by atoms with E-state index in [-0.39, 0.29) is 0 Å². The zero-order valence-corrected chi connectivity index (χ0v) is 7.21. The van der Waals surface area contributed by atoms with E-state index in [2.05, 4.69) is 5.32 Å². The van der Waals surface area contributed by atoms with Crippen LogP contribution in [-0.2, 0) is 0 Å². The SMILES string of the molecule is CNc1cccc(OCCN)c1. The van der Waals surface area contributed by atoms with Crippen LogP contribution in [-0.4, -0.2) is 20.2 Å². The Morgan fingerprint density at radius 2 is 2.33 bits per heavy atom. The zero-order chi connectivity index (χ0) is 8.81. The molecule has 3 N–H and O–H groups in total. The van der Waals surface area contributed by atoms with Crippen molar-refractivity contribution >= 4 is 5.69 Å². The number of hydrogen-bond donors (Lipinski definition) is 2. The van der Waals surface area contributed by atoms with E-state index >= 15 is 0 Å². The van der Waals surface area contributed by atoms with Gasteiger partial charge >= 0.3 is 0 Å². The van der Waals surface area contributed by atoms with Crippen molar-refractivity contribution in [3.63, 3.8) is 0 Å². The Hall–Kier alpha value is -1.22. The van der Waals surface area contributed by atoms with Gasteiger partial charge in [-0.15, -0.1) is 0 Å². The number of benzene rings is 1. The second-order valence-electron chi connectivity index (χ2n) is 2.41. The summed E-state index contributed by atoms with van der Waals surface area (Å²) in [5.41, 5.74) is 6.35. The lowest BCUT2D eigenvalue weighted by Gasteiger charge is -2.05. The molecule has 0 saturated heterocycles. The van der Waals surface area contributed by atoms with E-state index in [0.717, 1.165) is 11.4 Å². The summed E-state index contributed by atoms with van der Waals surface area (Å²) in [6.07, 6.45) is 0. The third-order valence-electron chi connectivity index (χ3n) is 1.51. The fraction of sp³-hybridized carbons (Fsp3) is 0.333. The average Bonchev–Trinajstić information content (AvgIpc) is 2.15. The van der Waals surface area contributed by atoms with Crippen LogP contribution >= 0.6 is 0 Å². The van der Waals surface area contributed by atoms with Crippen molar-refractivity contribution in [2.45, 2.75) is 0 Å². The molecule has 0 fully saturated rings. The Kier molecular flexibility index (Phi) is 3.41. The Morgan fingerprint density at radius 1 is 1.50 bits per heavy atom. The number of nitrogens with two attached hydrogens (primary N) is 1. The molecule has 0 radical (unpaired) electrons. The standard InChI is InChI=1S/C9H14N2O/c1-11-8-3-2-4-9(7-8)12-6-5-10/h2-4,7,11H,5-6,10H2,1H3. The number of rotatable bonds is 4. The van der Waals surface area contributed by atoms with Crippen LogP contribution in [0.15, 0.2) is 24.3 Å². The maximum Gasteiger partial charge on any atom is 0.121 e. The molecule has 0 heterocycles. The molecule has 1 aromatic carbocycles. The van der Waals surface area contributed by atoms with Gasteiger partial charge in [-0.3, -0.25) is 0 Å². The lowest BCUT2D eigenvalue weighted by molar-refractivity contribution is 0.328. The maximum atomic E-state index is 5.33. The smallest absolute Gasteiger partial charge is 0.121 e. The van der Waals surface area contributed by atoms with E-state index in [1.165, 1.54) is 0 Å². The molecule has 1 aromatic rings. The minimum absolute atomic E-state index is 0.545. The first-order valence-electron chi connectivity index (χ1n) is 3.97. The minimum atomic E-state index is 0.545. The lowest BCUT2D eigenvalue weighted by atomic mass is 10.3. The third kappa shape index (κ3) is 2.43. The molecule has 12 heavy (non-hydrogen) atoms. The molecule has 0 aromatic heterocycles. The molecule has 0 aliphatic carbocycles. The highest BCUT2D eigenvalue weighted by Crippen LogP contribution is 2.16. The second kappa shape index (κ2) is 4.62. The van der Waals surface area contributed by atoms with Gasteiger partial charge in [0.2, 0.25) is 0 Å². The van der Waals surface area contributed by atoms with Crippen LogP contribution < -0.4 is 15.8 Å². The molecule has 0 bridgehead atoms. The van der Waals surface area contributed by atoms with Gasteiger partial charge in [-0.1, -0.05) is 6.07 Å². The van der Waals surface area contributed by atoms with Gasteiger partial charge in [0.05, 0.1) is 0 Å².